The van der Waals surface area contributed by atoms with Gasteiger partial charge >= 0.3 is 11.6 Å². The van der Waals surface area contributed by atoms with E-state index in [1.54, 1.807) is 13.0 Å². The third-order valence-corrected chi connectivity index (χ3v) is 3.26. The lowest BCUT2D eigenvalue weighted by Crippen LogP contribution is -2.33. The highest BCUT2D eigenvalue weighted by atomic mass is 79.9. The lowest BCUT2D eigenvalue weighted by Gasteiger charge is -2.07. The molecule has 2 N–H and O–H groups in total. The van der Waals surface area contributed by atoms with E-state index in [0.29, 0.717) is 4.47 Å². The van der Waals surface area contributed by atoms with Crippen LogP contribution in [0.3, 0.4) is 0 Å². The summed E-state index contributed by atoms with van der Waals surface area (Å²) in [5, 5.41) is 12.5. The van der Waals surface area contributed by atoms with Crippen LogP contribution in [-0.4, -0.2) is 30.1 Å². The van der Waals surface area contributed by atoms with Crippen molar-refractivity contribution in [3.8, 4) is 5.75 Å². The quantitative estimate of drug-likeness (QED) is 0.625. The molecule has 0 unspecified atom stereocenters. The second-order valence-corrected chi connectivity index (χ2v) is 5.16. The number of nitrogens with one attached hydrogen (secondary N) is 1. The van der Waals surface area contributed by atoms with Crippen molar-refractivity contribution in [3.05, 3.63) is 38.7 Å². The topological polar surface area (TPSA) is 106 Å². The molecule has 0 aliphatic heterocycles. The minimum atomic E-state index is -0.992. The van der Waals surface area contributed by atoms with Crippen LogP contribution in [0, 0.1) is 0 Å². The van der Waals surface area contributed by atoms with Crippen LogP contribution in [0.15, 0.2) is 31.9 Å². The summed E-state index contributed by atoms with van der Waals surface area (Å²) in [4.78, 5) is 35.0. The molecule has 8 heteroatoms. The van der Waals surface area contributed by atoms with Gasteiger partial charge in [0.05, 0.1) is 12.0 Å². The average molecular weight is 370 g/mol. The maximum absolute atomic E-state index is 12.0. The summed E-state index contributed by atoms with van der Waals surface area (Å²) in [5.41, 5.74) is -1.41. The van der Waals surface area contributed by atoms with Gasteiger partial charge in [-0.1, -0.05) is 15.9 Å². The Kier molecular flexibility index (Phi) is 4.81. The minimum Gasteiger partial charge on any atom is -0.506 e. The van der Waals surface area contributed by atoms with Crippen molar-refractivity contribution in [3.63, 3.8) is 0 Å². The fraction of sp³-hybridized carbons (Fsp3) is 0.214. The molecule has 2 aromatic rings. The highest BCUT2D eigenvalue weighted by molar-refractivity contribution is 9.10. The number of hydrogen-bond donors (Lipinski definition) is 2. The number of esters is 1. The largest absolute Gasteiger partial charge is 0.506 e. The van der Waals surface area contributed by atoms with E-state index in [0.717, 1.165) is 0 Å². The number of benzene rings is 1. The number of carbonyl (C=O) groups excluding carboxylic acids is 2. The minimum absolute atomic E-state index is 0.146. The summed E-state index contributed by atoms with van der Waals surface area (Å²) in [5.74, 6) is -2.07. The molecule has 7 nitrogen and oxygen atoms in total. The van der Waals surface area contributed by atoms with Crippen molar-refractivity contribution in [1.29, 1.82) is 0 Å². The molecular weight excluding hydrogens is 358 g/mol. The van der Waals surface area contributed by atoms with Crippen LogP contribution in [0.4, 0.5) is 0 Å². The first-order valence-electron chi connectivity index (χ1n) is 6.33. The first-order valence-corrected chi connectivity index (χ1v) is 7.12. The fourth-order valence-corrected chi connectivity index (χ4v) is 2.17. The van der Waals surface area contributed by atoms with Crippen LogP contribution < -0.4 is 10.9 Å². The SMILES string of the molecule is CCOC(=O)CNC(=O)c1c(O)c2cc(Br)ccc2oc1=O. The molecule has 0 atom stereocenters. The third-order valence-electron chi connectivity index (χ3n) is 2.77. The Balaban J connectivity index is 2.36. The normalized spacial score (nSPS) is 10.5. The molecule has 1 aromatic carbocycles. The Morgan fingerprint density at radius 3 is 2.82 bits per heavy atom. The maximum Gasteiger partial charge on any atom is 0.353 e. The number of halogens is 1. The highest BCUT2D eigenvalue weighted by Crippen LogP contribution is 2.28. The van der Waals surface area contributed by atoms with E-state index in [2.05, 4.69) is 26.0 Å². The van der Waals surface area contributed by atoms with Gasteiger partial charge < -0.3 is 19.6 Å². The summed E-state index contributed by atoms with van der Waals surface area (Å²) in [7, 11) is 0. The van der Waals surface area contributed by atoms with Gasteiger partial charge in [0.1, 0.15) is 17.9 Å². The molecular formula is C14H12BrNO6. The number of aromatic hydroxyl groups is 1. The summed E-state index contributed by atoms with van der Waals surface area (Å²) in [6.45, 7) is 1.38. The van der Waals surface area contributed by atoms with Gasteiger partial charge in [0.15, 0.2) is 5.56 Å². The Bertz CT molecular complexity index is 798. The summed E-state index contributed by atoms with van der Waals surface area (Å²) in [6.07, 6.45) is 0. The molecule has 0 aliphatic carbocycles. The predicted octanol–water partition coefficient (Wildman–Crippen LogP) is 1.55. The molecule has 2 rings (SSSR count). The lowest BCUT2D eigenvalue weighted by atomic mass is 10.1. The number of fused-ring (bicyclic) bond motifs is 1. The van der Waals surface area contributed by atoms with Crippen molar-refractivity contribution in [2.45, 2.75) is 6.92 Å². The third kappa shape index (κ3) is 3.28. The summed E-state index contributed by atoms with van der Waals surface area (Å²) in [6, 6.07) is 4.63. The Morgan fingerprint density at radius 1 is 1.41 bits per heavy atom. The zero-order valence-corrected chi connectivity index (χ0v) is 13.1. The maximum atomic E-state index is 12.0. The van der Waals surface area contributed by atoms with Gasteiger partial charge in [0.2, 0.25) is 0 Å². The monoisotopic (exact) mass is 369 g/mol. The van der Waals surface area contributed by atoms with Gasteiger partial charge in [-0.2, -0.15) is 0 Å². The van der Waals surface area contributed by atoms with Gasteiger partial charge in [-0.3, -0.25) is 9.59 Å². The number of hydrogen-bond acceptors (Lipinski definition) is 6. The Labute approximate surface area is 133 Å². The molecule has 1 aromatic heterocycles. The van der Waals surface area contributed by atoms with Crippen LogP contribution in [0.5, 0.6) is 5.75 Å². The molecule has 0 radical (unpaired) electrons. The summed E-state index contributed by atoms with van der Waals surface area (Å²) < 4.78 is 10.3. The Hall–Kier alpha value is -2.35. The van der Waals surface area contributed by atoms with Crippen molar-refractivity contribution in [2.24, 2.45) is 0 Å². The second-order valence-electron chi connectivity index (χ2n) is 4.24. The standard InChI is InChI=1S/C14H12BrNO6/c1-2-21-10(17)6-16-13(19)11-12(18)8-5-7(15)3-4-9(8)22-14(11)20/h3-5,18H,2,6H2,1H3,(H,16,19). The Morgan fingerprint density at radius 2 is 2.14 bits per heavy atom. The average Bonchev–Trinajstić information content (AvgIpc) is 2.46. The number of carbonyl (C=O) groups is 2. The molecule has 0 spiro atoms. The van der Waals surface area contributed by atoms with E-state index < -0.39 is 35.4 Å². The van der Waals surface area contributed by atoms with Gasteiger partial charge in [-0.25, -0.2) is 4.79 Å². The van der Waals surface area contributed by atoms with E-state index in [9.17, 15) is 19.5 Å². The second kappa shape index (κ2) is 6.61. The number of rotatable bonds is 4. The van der Waals surface area contributed by atoms with Crippen LogP contribution in [-0.2, 0) is 9.53 Å². The molecule has 0 saturated carbocycles. The van der Waals surface area contributed by atoms with Gasteiger partial charge in [0, 0.05) is 4.47 Å². The van der Waals surface area contributed by atoms with Crippen LogP contribution in [0.25, 0.3) is 11.0 Å². The zero-order valence-electron chi connectivity index (χ0n) is 11.5. The van der Waals surface area contributed by atoms with Crippen molar-refractivity contribution < 1.29 is 23.8 Å². The van der Waals surface area contributed by atoms with Crippen LogP contribution in [0.1, 0.15) is 17.3 Å². The molecule has 1 heterocycles. The smallest absolute Gasteiger partial charge is 0.353 e. The molecule has 1 amide bonds. The van der Waals surface area contributed by atoms with Crippen LogP contribution >= 0.6 is 15.9 Å². The molecule has 0 aliphatic rings. The van der Waals surface area contributed by atoms with E-state index >= 15 is 0 Å². The zero-order chi connectivity index (χ0) is 16.3. The van der Waals surface area contributed by atoms with Gasteiger partial charge in [-0.05, 0) is 25.1 Å². The van der Waals surface area contributed by atoms with Crippen LogP contribution in [0.2, 0.25) is 0 Å². The van der Waals surface area contributed by atoms with E-state index in [4.69, 9.17) is 4.42 Å². The highest BCUT2D eigenvalue weighted by Gasteiger charge is 2.21. The fourth-order valence-electron chi connectivity index (χ4n) is 1.81. The van der Waals surface area contributed by atoms with E-state index in [1.165, 1.54) is 12.1 Å². The predicted molar refractivity (Wildman–Crippen MR) is 80.8 cm³/mol. The molecule has 0 fully saturated rings. The van der Waals surface area contributed by atoms with Gasteiger partial charge in [-0.15, -0.1) is 0 Å². The van der Waals surface area contributed by atoms with Crippen molar-refractivity contribution in [1.82, 2.24) is 5.32 Å². The molecule has 0 bridgehead atoms. The van der Waals surface area contributed by atoms with E-state index in [-0.39, 0.29) is 17.6 Å². The first kappa shape index (κ1) is 16.0. The molecule has 0 saturated heterocycles. The summed E-state index contributed by atoms with van der Waals surface area (Å²) >= 11 is 3.22. The number of ether oxygens (including phenoxy) is 1. The molecule has 116 valence electrons. The van der Waals surface area contributed by atoms with Crippen molar-refractivity contribution >= 4 is 38.8 Å². The first-order chi connectivity index (χ1) is 10.4. The van der Waals surface area contributed by atoms with Gasteiger partial charge in [0.25, 0.3) is 5.91 Å². The van der Waals surface area contributed by atoms with Crippen molar-refractivity contribution in [2.75, 3.05) is 13.2 Å². The number of amides is 1. The molecule has 22 heavy (non-hydrogen) atoms. The lowest BCUT2D eigenvalue weighted by molar-refractivity contribution is -0.141. The van der Waals surface area contributed by atoms with E-state index in [1.807, 2.05) is 0 Å².